The van der Waals surface area contributed by atoms with Gasteiger partial charge < -0.3 is 0 Å². The van der Waals surface area contributed by atoms with Gasteiger partial charge in [-0.25, -0.2) is 8.42 Å². The summed E-state index contributed by atoms with van der Waals surface area (Å²) >= 11 is 0. The Labute approximate surface area is 101 Å². The Morgan fingerprint density at radius 1 is 1.12 bits per heavy atom. The van der Waals surface area contributed by atoms with Gasteiger partial charge in [0.2, 0.25) is 9.05 Å². The quantitative estimate of drug-likeness (QED) is 0.781. The number of hydrogen-bond donors (Lipinski definition) is 0. The zero-order valence-electron chi connectivity index (χ0n) is 9.02. The highest BCUT2D eigenvalue weighted by atomic mass is 35.7. The SMILES string of the molecule is O=S(=O)(Cl)CC1(c2ccccc2)CCCC1. The molecule has 88 valence electrons. The highest BCUT2D eigenvalue weighted by molar-refractivity contribution is 8.13. The average Bonchev–Trinajstić information content (AvgIpc) is 2.66. The summed E-state index contributed by atoms with van der Waals surface area (Å²) in [6.45, 7) is 0. The summed E-state index contributed by atoms with van der Waals surface area (Å²) in [4.78, 5) is 0. The van der Waals surface area contributed by atoms with Gasteiger partial charge in [-0.1, -0.05) is 43.2 Å². The molecule has 1 aliphatic carbocycles. The maximum absolute atomic E-state index is 11.3. The van der Waals surface area contributed by atoms with Crippen LogP contribution in [0.15, 0.2) is 30.3 Å². The van der Waals surface area contributed by atoms with Crippen molar-refractivity contribution in [3.63, 3.8) is 0 Å². The standard InChI is InChI=1S/C12H15ClO2S/c13-16(14,15)10-12(8-4-5-9-12)11-6-2-1-3-7-11/h1-3,6-7H,4-5,8-10H2. The lowest BCUT2D eigenvalue weighted by molar-refractivity contribution is 0.485. The highest BCUT2D eigenvalue weighted by Gasteiger charge is 2.39. The summed E-state index contributed by atoms with van der Waals surface area (Å²) in [6, 6.07) is 9.87. The van der Waals surface area contributed by atoms with Crippen molar-refractivity contribution in [1.29, 1.82) is 0 Å². The van der Waals surface area contributed by atoms with Gasteiger partial charge in [-0.05, 0) is 18.4 Å². The minimum atomic E-state index is -3.44. The molecule has 2 nitrogen and oxygen atoms in total. The van der Waals surface area contributed by atoms with E-state index in [-0.39, 0.29) is 11.2 Å². The van der Waals surface area contributed by atoms with E-state index in [1.807, 2.05) is 30.3 Å². The molecule has 2 rings (SSSR count). The van der Waals surface area contributed by atoms with E-state index < -0.39 is 9.05 Å². The zero-order chi connectivity index (χ0) is 11.6. The van der Waals surface area contributed by atoms with E-state index in [2.05, 4.69) is 0 Å². The molecule has 0 bridgehead atoms. The third-order valence-corrected chi connectivity index (χ3v) is 4.62. The van der Waals surface area contributed by atoms with Crippen LogP contribution in [-0.4, -0.2) is 14.2 Å². The number of benzene rings is 1. The third-order valence-electron chi connectivity index (χ3n) is 3.40. The second-order valence-electron chi connectivity index (χ2n) is 4.54. The lowest BCUT2D eigenvalue weighted by atomic mass is 9.81. The van der Waals surface area contributed by atoms with Crippen LogP contribution in [0.25, 0.3) is 0 Å². The summed E-state index contributed by atoms with van der Waals surface area (Å²) in [7, 11) is 1.98. The van der Waals surface area contributed by atoms with Gasteiger partial charge in [0.1, 0.15) is 0 Å². The van der Waals surface area contributed by atoms with Crippen LogP contribution in [0.2, 0.25) is 0 Å². The van der Waals surface area contributed by atoms with E-state index >= 15 is 0 Å². The van der Waals surface area contributed by atoms with Gasteiger partial charge in [0, 0.05) is 16.1 Å². The first-order valence-electron chi connectivity index (χ1n) is 5.50. The summed E-state index contributed by atoms with van der Waals surface area (Å²) in [5.41, 5.74) is 0.860. The first-order chi connectivity index (χ1) is 7.52. The van der Waals surface area contributed by atoms with Gasteiger partial charge in [-0.15, -0.1) is 0 Å². The van der Waals surface area contributed by atoms with Crippen molar-refractivity contribution in [3.05, 3.63) is 35.9 Å². The smallest absolute Gasteiger partial charge is 0.212 e. The Morgan fingerprint density at radius 3 is 2.19 bits per heavy atom. The maximum Gasteiger partial charge on any atom is 0.233 e. The summed E-state index contributed by atoms with van der Waals surface area (Å²) < 4.78 is 22.7. The van der Waals surface area contributed by atoms with Crippen LogP contribution in [0.3, 0.4) is 0 Å². The van der Waals surface area contributed by atoms with Gasteiger partial charge in [0.05, 0.1) is 5.75 Å². The Bertz CT molecular complexity index is 447. The molecule has 4 heteroatoms. The Morgan fingerprint density at radius 2 is 1.69 bits per heavy atom. The Kier molecular flexibility index (Phi) is 3.27. The molecule has 1 aromatic rings. The second kappa shape index (κ2) is 4.38. The molecular formula is C12H15ClO2S. The molecule has 1 fully saturated rings. The zero-order valence-corrected chi connectivity index (χ0v) is 10.6. The molecule has 0 aliphatic heterocycles. The maximum atomic E-state index is 11.3. The van der Waals surface area contributed by atoms with Crippen LogP contribution in [0.5, 0.6) is 0 Å². The Balaban J connectivity index is 2.37. The lowest BCUT2D eigenvalue weighted by Crippen LogP contribution is -2.29. The number of rotatable bonds is 3. The fraction of sp³-hybridized carbons (Fsp3) is 0.500. The molecule has 0 atom stereocenters. The molecule has 0 unspecified atom stereocenters. The summed E-state index contributed by atoms with van der Waals surface area (Å²) in [6.07, 6.45) is 4.01. The van der Waals surface area contributed by atoms with E-state index in [9.17, 15) is 8.42 Å². The molecule has 1 saturated carbocycles. The van der Waals surface area contributed by atoms with Gasteiger partial charge >= 0.3 is 0 Å². The molecule has 0 radical (unpaired) electrons. The lowest BCUT2D eigenvalue weighted by Gasteiger charge is -2.28. The number of hydrogen-bond acceptors (Lipinski definition) is 2. The molecule has 0 aromatic heterocycles. The van der Waals surface area contributed by atoms with Gasteiger partial charge in [0.25, 0.3) is 0 Å². The molecule has 0 N–H and O–H groups in total. The van der Waals surface area contributed by atoms with E-state index in [1.54, 1.807) is 0 Å². The predicted molar refractivity (Wildman–Crippen MR) is 66.2 cm³/mol. The minimum absolute atomic E-state index is 0.0611. The highest BCUT2D eigenvalue weighted by Crippen LogP contribution is 2.42. The van der Waals surface area contributed by atoms with Crippen LogP contribution < -0.4 is 0 Å². The van der Waals surface area contributed by atoms with Crippen molar-refractivity contribution in [3.8, 4) is 0 Å². The van der Waals surface area contributed by atoms with Crippen molar-refractivity contribution in [2.75, 3.05) is 5.75 Å². The minimum Gasteiger partial charge on any atom is -0.212 e. The van der Waals surface area contributed by atoms with E-state index in [4.69, 9.17) is 10.7 Å². The normalized spacial score (nSPS) is 19.8. The molecule has 1 aliphatic rings. The summed E-state index contributed by atoms with van der Waals surface area (Å²) in [5.74, 6) is 0.0611. The fourth-order valence-electron chi connectivity index (χ4n) is 2.69. The fourth-order valence-corrected chi connectivity index (χ4v) is 4.43. The molecule has 1 aromatic carbocycles. The van der Waals surface area contributed by atoms with Crippen molar-refractivity contribution in [2.24, 2.45) is 0 Å². The van der Waals surface area contributed by atoms with Crippen LogP contribution in [0, 0.1) is 0 Å². The largest absolute Gasteiger partial charge is 0.233 e. The van der Waals surface area contributed by atoms with Crippen molar-refractivity contribution < 1.29 is 8.42 Å². The molecular weight excluding hydrogens is 244 g/mol. The van der Waals surface area contributed by atoms with Crippen LogP contribution in [0.1, 0.15) is 31.2 Å². The molecule has 0 spiro atoms. The Hall–Kier alpha value is -0.540. The van der Waals surface area contributed by atoms with Gasteiger partial charge in [0.15, 0.2) is 0 Å². The molecule has 16 heavy (non-hydrogen) atoms. The summed E-state index contributed by atoms with van der Waals surface area (Å²) in [5, 5.41) is 0. The predicted octanol–water partition coefficient (Wildman–Crippen LogP) is 3.07. The first kappa shape index (κ1) is 11.9. The van der Waals surface area contributed by atoms with Gasteiger partial charge in [-0.2, -0.15) is 0 Å². The first-order valence-corrected chi connectivity index (χ1v) is 7.98. The topological polar surface area (TPSA) is 34.1 Å². The van der Waals surface area contributed by atoms with Crippen molar-refractivity contribution in [2.45, 2.75) is 31.1 Å². The van der Waals surface area contributed by atoms with E-state index in [1.165, 1.54) is 0 Å². The van der Waals surface area contributed by atoms with Crippen LogP contribution in [0.4, 0.5) is 0 Å². The van der Waals surface area contributed by atoms with Crippen LogP contribution >= 0.6 is 10.7 Å². The third kappa shape index (κ3) is 2.58. The average molecular weight is 259 g/mol. The van der Waals surface area contributed by atoms with Crippen LogP contribution in [-0.2, 0) is 14.5 Å². The number of halogens is 1. The molecule has 0 heterocycles. The monoisotopic (exact) mass is 258 g/mol. The van der Waals surface area contributed by atoms with Gasteiger partial charge in [-0.3, -0.25) is 0 Å². The van der Waals surface area contributed by atoms with Crippen molar-refractivity contribution in [1.82, 2.24) is 0 Å². The second-order valence-corrected chi connectivity index (χ2v) is 7.31. The van der Waals surface area contributed by atoms with Crippen molar-refractivity contribution >= 4 is 19.7 Å². The van der Waals surface area contributed by atoms with E-state index in [0.29, 0.717) is 0 Å². The molecule has 0 saturated heterocycles. The molecule has 0 amide bonds. The van der Waals surface area contributed by atoms with E-state index in [0.717, 1.165) is 31.2 Å².